The molecule has 25 heavy (non-hydrogen) atoms. The van der Waals surface area contributed by atoms with Crippen molar-refractivity contribution in [2.24, 2.45) is 5.92 Å². The molecule has 5 nitrogen and oxygen atoms in total. The van der Waals surface area contributed by atoms with E-state index < -0.39 is 0 Å². The van der Waals surface area contributed by atoms with E-state index in [4.69, 9.17) is 9.47 Å². The highest BCUT2D eigenvalue weighted by Gasteiger charge is 2.29. The second-order valence-electron chi connectivity index (χ2n) is 6.38. The normalized spacial score (nSPS) is 19.6. The zero-order chi connectivity index (χ0) is 17.5. The van der Waals surface area contributed by atoms with Gasteiger partial charge in [0.25, 0.3) is 0 Å². The van der Waals surface area contributed by atoms with E-state index >= 15 is 0 Å². The predicted octanol–water partition coefficient (Wildman–Crippen LogP) is 2.40. The highest BCUT2D eigenvalue weighted by atomic mass is 16.5. The van der Waals surface area contributed by atoms with Crippen LogP contribution in [0.5, 0.6) is 5.75 Å². The van der Waals surface area contributed by atoms with Gasteiger partial charge in [0.15, 0.2) is 0 Å². The Morgan fingerprint density at radius 3 is 2.88 bits per heavy atom. The van der Waals surface area contributed by atoms with E-state index in [9.17, 15) is 4.79 Å². The fraction of sp³-hybridized carbons (Fsp3) is 0.400. The molecular weight excluding hydrogens is 316 g/mol. The molecule has 1 aliphatic rings. The van der Waals surface area contributed by atoms with Crippen LogP contribution in [-0.2, 0) is 22.4 Å². The summed E-state index contributed by atoms with van der Waals surface area (Å²) in [6.07, 6.45) is 5.65. The lowest BCUT2D eigenvalue weighted by atomic mass is 9.95. The molecule has 1 saturated heterocycles. The van der Waals surface area contributed by atoms with Gasteiger partial charge in [0.1, 0.15) is 5.75 Å². The zero-order valence-electron chi connectivity index (χ0n) is 14.5. The van der Waals surface area contributed by atoms with Gasteiger partial charge in [-0.05, 0) is 48.2 Å². The summed E-state index contributed by atoms with van der Waals surface area (Å²) in [7, 11) is 1.65. The Kier molecular flexibility index (Phi) is 6.01. The lowest BCUT2D eigenvalue weighted by Crippen LogP contribution is -2.40. The second-order valence-corrected chi connectivity index (χ2v) is 6.38. The largest absolute Gasteiger partial charge is 0.497 e. The van der Waals surface area contributed by atoms with Gasteiger partial charge >= 0.3 is 0 Å². The van der Waals surface area contributed by atoms with Crippen LogP contribution in [-0.4, -0.2) is 37.3 Å². The van der Waals surface area contributed by atoms with E-state index in [1.54, 1.807) is 19.5 Å². The molecule has 1 aromatic heterocycles. The summed E-state index contributed by atoms with van der Waals surface area (Å²) in [4.78, 5) is 16.4. The van der Waals surface area contributed by atoms with Crippen LogP contribution in [0.4, 0.5) is 0 Å². The maximum absolute atomic E-state index is 12.3. The molecule has 0 spiro atoms. The molecule has 2 heterocycles. The highest BCUT2D eigenvalue weighted by Crippen LogP contribution is 2.19. The average Bonchev–Trinajstić information content (AvgIpc) is 3.07. The van der Waals surface area contributed by atoms with Crippen LogP contribution in [0.2, 0.25) is 0 Å². The number of aryl methyl sites for hydroxylation is 1. The summed E-state index contributed by atoms with van der Waals surface area (Å²) < 4.78 is 10.8. The molecule has 1 aromatic carbocycles. The number of carbonyl (C=O) groups is 1. The van der Waals surface area contributed by atoms with Crippen molar-refractivity contribution < 1.29 is 14.3 Å². The quantitative estimate of drug-likeness (QED) is 0.841. The molecule has 0 aliphatic carbocycles. The van der Waals surface area contributed by atoms with E-state index in [1.807, 2.05) is 36.4 Å². The smallest absolute Gasteiger partial charge is 0.220 e. The molecule has 1 fully saturated rings. The minimum absolute atomic E-state index is 0.0676. The number of nitrogens with one attached hydrogen (secondary N) is 1. The molecule has 132 valence electrons. The third-order valence-electron chi connectivity index (χ3n) is 4.57. The van der Waals surface area contributed by atoms with Gasteiger partial charge in [0.2, 0.25) is 5.91 Å². The summed E-state index contributed by atoms with van der Waals surface area (Å²) in [5.41, 5.74) is 2.33. The van der Waals surface area contributed by atoms with E-state index in [1.165, 1.54) is 5.56 Å². The van der Waals surface area contributed by atoms with Gasteiger partial charge in [-0.2, -0.15) is 0 Å². The lowest BCUT2D eigenvalue weighted by Gasteiger charge is -2.19. The Labute approximate surface area is 148 Å². The third-order valence-corrected chi connectivity index (χ3v) is 4.57. The Hall–Kier alpha value is -2.40. The Morgan fingerprint density at radius 2 is 2.08 bits per heavy atom. The number of benzene rings is 1. The maximum Gasteiger partial charge on any atom is 0.220 e. The van der Waals surface area contributed by atoms with Crippen LogP contribution in [0.1, 0.15) is 17.5 Å². The fourth-order valence-electron chi connectivity index (χ4n) is 3.15. The zero-order valence-corrected chi connectivity index (χ0v) is 14.5. The minimum Gasteiger partial charge on any atom is -0.497 e. The van der Waals surface area contributed by atoms with Crippen LogP contribution in [0.3, 0.4) is 0 Å². The Bertz CT molecular complexity index is 690. The summed E-state index contributed by atoms with van der Waals surface area (Å²) in [6.45, 7) is 1.27. The summed E-state index contributed by atoms with van der Waals surface area (Å²) in [6, 6.07) is 11.9. The van der Waals surface area contributed by atoms with E-state index in [2.05, 4.69) is 10.3 Å². The van der Waals surface area contributed by atoms with E-state index in [-0.39, 0.29) is 11.9 Å². The molecule has 2 aromatic rings. The molecule has 2 atom stereocenters. The van der Waals surface area contributed by atoms with Crippen molar-refractivity contribution in [3.05, 3.63) is 59.9 Å². The first-order chi connectivity index (χ1) is 12.2. The Morgan fingerprint density at radius 1 is 1.24 bits per heavy atom. The topological polar surface area (TPSA) is 60.5 Å². The van der Waals surface area contributed by atoms with Gasteiger partial charge in [0.05, 0.1) is 26.4 Å². The first kappa shape index (κ1) is 17.4. The molecule has 1 N–H and O–H groups in total. The highest BCUT2D eigenvalue weighted by molar-refractivity contribution is 5.76. The molecular formula is C20H24N2O3. The number of aromatic nitrogens is 1. The van der Waals surface area contributed by atoms with Crippen LogP contribution >= 0.6 is 0 Å². The van der Waals surface area contributed by atoms with Crippen molar-refractivity contribution in [1.29, 1.82) is 0 Å². The minimum atomic E-state index is 0.0676. The number of hydrogen-bond acceptors (Lipinski definition) is 4. The SMILES string of the molecule is COc1cccc(CCC(=O)N[C@H]2COC[C@H]2Cc2ccncc2)c1. The second kappa shape index (κ2) is 8.62. The molecule has 3 rings (SSSR count). The van der Waals surface area contributed by atoms with Gasteiger partial charge in [-0.3, -0.25) is 9.78 Å². The summed E-state index contributed by atoms with van der Waals surface area (Å²) in [5, 5.41) is 3.14. The first-order valence-corrected chi connectivity index (χ1v) is 8.63. The standard InChI is InChI=1S/C20H24N2O3/c1-24-18-4-2-3-15(12-18)5-6-20(23)22-19-14-25-13-17(19)11-16-7-9-21-10-8-16/h2-4,7-10,12,17,19H,5-6,11,13-14H2,1H3,(H,22,23)/t17-,19+/m1/s1. The van der Waals surface area contributed by atoms with Crippen molar-refractivity contribution in [3.63, 3.8) is 0 Å². The molecule has 1 amide bonds. The van der Waals surface area contributed by atoms with E-state index in [0.717, 1.165) is 17.7 Å². The van der Waals surface area contributed by atoms with Crippen molar-refractivity contribution >= 4 is 5.91 Å². The van der Waals surface area contributed by atoms with Gasteiger partial charge in [-0.25, -0.2) is 0 Å². The number of methoxy groups -OCH3 is 1. The molecule has 0 unspecified atom stereocenters. The predicted molar refractivity (Wildman–Crippen MR) is 95.5 cm³/mol. The van der Waals surface area contributed by atoms with Gasteiger partial charge in [-0.15, -0.1) is 0 Å². The fourth-order valence-corrected chi connectivity index (χ4v) is 3.15. The van der Waals surface area contributed by atoms with Crippen LogP contribution < -0.4 is 10.1 Å². The van der Waals surface area contributed by atoms with E-state index in [0.29, 0.717) is 32.0 Å². The van der Waals surface area contributed by atoms with Crippen molar-refractivity contribution in [1.82, 2.24) is 10.3 Å². The van der Waals surface area contributed by atoms with Crippen molar-refractivity contribution in [2.75, 3.05) is 20.3 Å². The average molecular weight is 340 g/mol. The van der Waals surface area contributed by atoms with Gasteiger partial charge < -0.3 is 14.8 Å². The van der Waals surface area contributed by atoms with Crippen molar-refractivity contribution in [2.45, 2.75) is 25.3 Å². The first-order valence-electron chi connectivity index (χ1n) is 8.63. The van der Waals surface area contributed by atoms with Gasteiger partial charge in [0, 0.05) is 24.7 Å². The molecule has 0 saturated carbocycles. The van der Waals surface area contributed by atoms with Crippen LogP contribution in [0.15, 0.2) is 48.8 Å². The van der Waals surface area contributed by atoms with Crippen LogP contribution in [0.25, 0.3) is 0 Å². The molecule has 0 bridgehead atoms. The summed E-state index contributed by atoms with van der Waals surface area (Å²) in [5.74, 6) is 1.20. The van der Waals surface area contributed by atoms with Gasteiger partial charge in [-0.1, -0.05) is 12.1 Å². The summed E-state index contributed by atoms with van der Waals surface area (Å²) >= 11 is 0. The number of hydrogen-bond donors (Lipinski definition) is 1. The van der Waals surface area contributed by atoms with Crippen molar-refractivity contribution in [3.8, 4) is 5.75 Å². The molecule has 0 radical (unpaired) electrons. The number of carbonyl (C=O) groups excluding carboxylic acids is 1. The Balaban J connectivity index is 1.49. The molecule has 1 aliphatic heterocycles. The van der Waals surface area contributed by atoms with Crippen LogP contribution in [0, 0.1) is 5.92 Å². The number of pyridine rings is 1. The lowest BCUT2D eigenvalue weighted by molar-refractivity contribution is -0.122. The number of ether oxygens (including phenoxy) is 2. The number of rotatable bonds is 7. The number of amides is 1. The monoisotopic (exact) mass is 340 g/mol. The maximum atomic E-state index is 12.3. The third kappa shape index (κ3) is 5.03. The number of nitrogens with zero attached hydrogens (tertiary/aromatic N) is 1. The molecule has 5 heteroatoms.